The van der Waals surface area contributed by atoms with Gasteiger partial charge in [0.1, 0.15) is 23.6 Å². The van der Waals surface area contributed by atoms with Crippen molar-refractivity contribution in [2.24, 2.45) is 0 Å². The number of ether oxygens (including phenoxy) is 1. The number of anilines is 2. The lowest BCUT2D eigenvalue weighted by atomic mass is 10.3. The van der Waals surface area contributed by atoms with E-state index in [2.05, 4.69) is 15.3 Å². The lowest BCUT2D eigenvalue weighted by Gasteiger charge is -2.15. The van der Waals surface area contributed by atoms with Crippen LogP contribution in [0.1, 0.15) is 37.2 Å². The first kappa shape index (κ1) is 16.2. The summed E-state index contributed by atoms with van der Waals surface area (Å²) in [5, 5.41) is 3.19. The van der Waals surface area contributed by atoms with E-state index in [1.54, 1.807) is 6.07 Å². The third-order valence-electron chi connectivity index (χ3n) is 3.78. The Morgan fingerprint density at radius 3 is 2.54 bits per heavy atom. The molecule has 1 fully saturated rings. The van der Waals surface area contributed by atoms with E-state index in [-0.39, 0.29) is 12.0 Å². The number of nitrogens with zero attached hydrogens (tertiary/aromatic N) is 3. The van der Waals surface area contributed by atoms with E-state index in [4.69, 9.17) is 4.74 Å². The number of hydrogen-bond donors (Lipinski definition) is 1. The maximum absolute atomic E-state index is 12.4. The number of amides is 1. The molecule has 1 aliphatic rings. The normalized spacial score (nSPS) is 14.0. The summed E-state index contributed by atoms with van der Waals surface area (Å²) in [5.74, 6) is 1.40. The monoisotopic (exact) mass is 326 g/mol. The molecule has 6 heteroatoms. The van der Waals surface area contributed by atoms with E-state index >= 15 is 0 Å². The molecule has 0 saturated carbocycles. The Kier molecular flexibility index (Phi) is 4.93. The molecular weight excluding hydrogens is 304 g/mol. The van der Waals surface area contributed by atoms with Gasteiger partial charge in [0.25, 0.3) is 5.91 Å². The van der Waals surface area contributed by atoms with Gasteiger partial charge in [0.15, 0.2) is 0 Å². The van der Waals surface area contributed by atoms with Gasteiger partial charge in [0.2, 0.25) is 0 Å². The zero-order valence-corrected chi connectivity index (χ0v) is 14.0. The SMILES string of the molecule is CC(C)Oc1ccc(Nc2cc(C(=O)N3CCCC3)ncn2)cc1. The zero-order valence-electron chi connectivity index (χ0n) is 14.0. The predicted octanol–water partition coefficient (Wildman–Crippen LogP) is 3.24. The van der Waals surface area contributed by atoms with E-state index in [9.17, 15) is 4.79 Å². The number of nitrogens with one attached hydrogen (secondary N) is 1. The summed E-state index contributed by atoms with van der Waals surface area (Å²) in [6, 6.07) is 9.34. The van der Waals surface area contributed by atoms with Crippen molar-refractivity contribution in [3.63, 3.8) is 0 Å². The van der Waals surface area contributed by atoms with Crippen LogP contribution in [0.2, 0.25) is 0 Å². The molecule has 1 aromatic carbocycles. The van der Waals surface area contributed by atoms with Crippen molar-refractivity contribution >= 4 is 17.4 Å². The second-order valence-electron chi connectivity index (χ2n) is 6.10. The van der Waals surface area contributed by atoms with Crippen LogP contribution in [0.5, 0.6) is 5.75 Å². The van der Waals surface area contributed by atoms with Crippen LogP contribution in [-0.4, -0.2) is 40.0 Å². The number of rotatable bonds is 5. The first-order chi connectivity index (χ1) is 11.6. The van der Waals surface area contributed by atoms with Crippen LogP contribution in [0.15, 0.2) is 36.7 Å². The standard InChI is InChI=1S/C18H22N4O2/c1-13(2)24-15-7-5-14(6-8-15)21-17-11-16(19-12-20-17)18(23)22-9-3-4-10-22/h5-8,11-13H,3-4,9-10H2,1-2H3,(H,19,20,21). The highest BCUT2D eigenvalue weighted by Gasteiger charge is 2.20. The van der Waals surface area contributed by atoms with Gasteiger partial charge < -0.3 is 15.0 Å². The molecule has 0 radical (unpaired) electrons. The summed E-state index contributed by atoms with van der Waals surface area (Å²) < 4.78 is 5.62. The molecule has 0 unspecified atom stereocenters. The molecule has 3 rings (SSSR count). The van der Waals surface area contributed by atoms with E-state index < -0.39 is 0 Å². The van der Waals surface area contributed by atoms with Crippen LogP contribution in [0, 0.1) is 0 Å². The van der Waals surface area contributed by atoms with Crippen LogP contribution >= 0.6 is 0 Å². The third kappa shape index (κ3) is 4.01. The Labute approximate surface area is 141 Å². The van der Waals surface area contributed by atoms with E-state index in [0.717, 1.165) is 37.4 Å². The second kappa shape index (κ2) is 7.29. The molecule has 6 nitrogen and oxygen atoms in total. The summed E-state index contributed by atoms with van der Waals surface area (Å²) in [4.78, 5) is 22.5. The molecule has 2 heterocycles. The molecular formula is C18H22N4O2. The fourth-order valence-electron chi connectivity index (χ4n) is 2.66. The lowest BCUT2D eigenvalue weighted by molar-refractivity contribution is 0.0787. The molecule has 1 saturated heterocycles. The van der Waals surface area contributed by atoms with E-state index in [1.165, 1.54) is 6.33 Å². The van der Waals surface area contributed by atoms with Gasteiger partial charge >= 0.3 is 0 Å². The van der Waals surface area contributed by atoms with Gasteiger partial charge in [-0.05, 0) is 51.0 Å². The van der Waals surface area contributed by atoms with E-state index in [1.807, 2.05) is 43.0 Å². The number of carbonyl (C=O) groups is 1. The lowest BCUT2D eigenvalue weighted by Crippen LogP contribution is -2.28. The third-order valence-corrected chi connectivity index (χ3v) is 3.78. The van der Waals surface area contributed by atoms with Crippen molar-refractivity contribution in [3.8, 4) is 5.75 Å². The number of likely N-dealkylation sites (tertiary alicyclic amines) is 1. The minimum Gasteiger partial charge on any atom is -0.491 e. The maximum atomic E-state index is 12.4. The van der Waals surface area contributed by atoms with Crippen molar-refractivity contribution in [3.05, 3.63) is 42.4 Å². The Hall–Kier alpha value is -2.63. The zero-order chi connectivity index (χ0) is 16.9. The Bertz CT molecular complexity index is 694. The quantitative estimate of drug-likeness (QED) is 0.913. The largest absolute Gasteiger partial charge is 0.491 e. The van der Waals surface area contributed by atoms with Crippen LogP contribution in [0.4, 0.5) is 11.5 Å². The molecule has 1 aromatic heterocycles. The number of aromatic nitrogens is 2. The van der Waals surface area contributed by atoms with Gasteiger partial charge in [0, 0.05) is 24.8 Å². The highest BCUT2D eigenvalue weighted by Crippen LogP contribution is 2.20. The molecule has 0 atom stereocenters. The van der Waals surface area contributed by atoms with E-state index in [0.29, 0.717) is 11.5 Å². The summed E-state index contributed by atoms with van der Waals surface area (Å²) in [6.45, 7) is 5.60. The molecule has 1 N–H and O–H groups in total. The molecule has 2 aromatic rings. The smallest absolute Gasteiger partial charge is 0.272 e. The minimum atomic E-state index is -0.0290. The van der Waals surface area contributed by atoms with Gasteiger partial charge in [-0.15, -0.1) is 0 Å². The van der Waals surface area contributed by atoms with Gasteiger partial charge in [0.05, 0.1) is 6.10 Å². The first-order valence-electron chi connectivity index (χ1n) is 8.27. The Morgan fingerprint density at radius 1 is 1.17 bits per heavy atom. The molecule has 0 bridgehead atoms. The van der Waals surface area contributed by atoms with Crippen LogP contribution in [0.3, 0.4) is 0 Å². The van der Waals surface area contributed by atoms with Crippen molar-refractivity contribution < 1.29 is 9.53 Å². The first-order valence-corrected chi connectivity index (χ1v) is 8.27. The molecule has 24 heavy (non-hydrogen) atoms. The topological polar surface area (TPSA) is 67.3 Å². The van der Waals surface area contributed by atoms with Crippen LogP contribution < -0.4 is 10.1 Å². The number of carbonyl (C=O) groups excluding carboxylic acids is 1. The van der Waals surface area contributed by atoms with Crippen molar-refractivity contribution in [2.45, 2.75) is 32.8 Å². The van der Waals surface area contributed by atoms with Gasteiger partial charge in [-0.3, -0.25) is 4.79 Å². The number of benzene rings is 1. The Balaban J connectivity index is 1.69. The van der Waals surface area contributed by atoms with Gasteiger partial charge in [-0.2, -0.15) is 0 Å². The summed E-state index contributed by atoms with van der Waals surface area (Å²) in [6.07, 6.45) is 3.69. The molecule has 1 aliphatic heterocycles. The summed E-state index contributed by atoms with van der Waals surface area (Å²) in [5.41, 5.74) is 1.30. The molecule has 126 valence electrons. The van der Waals surface area contributed by atoms with Crippen LogP contribution in [-0.2, 0) is 0 Å². The van der Waals surface area contributed by atoms with Gasteiger partial charge in [-0.25, -0.2) is 9.97 Å². The molecule has 0 spiro atoms. The fourth-order valence-corrected chi connectivity index (χ4v) is 2.66. The van der Waals surface area contributed by atoms with Crippen LogP contribution in [0.25, 0.3) is 0 Å². The highest BCUT2D eigenvalue weighted by atomic mass is 16.5. The average Bonchev–Trinajstić information content (AvgIpc) is 3.10. The maximum Gasteiger partial charge on any atom is 0.272 e. The fraction of sp³-hybridized carbons (Fsp3) is 0.389. The summed E-state index contributed by atoms with van der Waals surface area (Å²) >= 11 is 0. The highest BCUT2D eigenvalue weighted by molar-refractivity contribution is 5.93. The minimum absolute atomic E-state index is 0.0290. The van der Waals surface area contributed by atoms with Crippen molar-refractivity contribution in [1.82, 2.24) is 14.9 Å². The summed E-state index contributed by atoms with van der Waals surface area (Å²) in [7, 11) is 0. The molecule has 0 aliphatic carbocycles. The predicted molar refractivity (Wildman–Crippen MR) is 92.7 cm³/mol. The van der Waals surface area contributed by atoms with Crippen molar-refractivity contribution in [2.75, 3.05) is 18.4 Å². The molecule has 1 amide bonds. The van der Waals surface area contributed by atoms with Crippen molar-refractivity contribution in [1.29, 1.82) is 0 Å². The number of hydrogen-bond acceptors (Lipinski definition) is 5. The van der Waals surface area contributed by atoms with Gasteiger partial charge in [-0.1, -0.05) is 0 Å². The average molecular weight is 326 g/mol. The second-order valence-corrected chi connectivity index (χ2v) is 6.10. The Morgan fingerprint density at radius 2 is 1.88 bits per heavy atom.